The number of hydrogen-bond acceptors (Lipinski definition) is 3. The smallest absolute Gasteiger partial charge is 0.237 e. The highest BCUT2D eigenvalue weighted by atomic mass is 16.8. The number of aliphatic hydroxyl groups excluding tert-OH is 1. The summed E-state index contributed by atoms with van der Waals surface area (Å²) in [5.74, 6) is 0.147. The highest BCUT2D eigenvalue weighted by molar-refractivity contribution is 5.28. The molecule has 24 heavy (non-hydrogen) atoms. The maximum atomic E-state index is 10.8. The normalized spacial score (nSPS) is 15.3. The zero-order valence-corrected chi connectivity index (χ0v) is 15.1. The van der Waals surface area contributed by atoms with Crippen LogP contribution >= 0.6 is 0 Å². The number of aromatic amines is 1. The second kappa shape index (κ2) is 10.3. The molecule has 1 heterocycles. The van der Waals surface area contributed by atoms with E-state index in [9.17, 15) is 10.3 Å². The summed E-state index contributed by atoms with van der Waals surface area (Å²) in [6.07, 6.45) is 10.8. The monoisotopic (exact) mass is 334 g/mol. The van der Waals surface area contributed by atoms with Crippen molar-refractivity contribution in [2.75, 3.05) is 0 Å². The number of nitrogens with one attached hydrogen (secondary N) is 2. The molecule has 1 aromatic heterocycles. The zero-order valence-electron chi connectivity index (χ0n) is 15.1. The van der Waals surface area contributed by atoms with Crippen LogP contribution in [-0.2, 0) is 6.42 Å². The molecule has 4 N–H and O–H groups in total. The van der Waals surface area contributed by atoms with E-state index in [0.717, 1.165) is 30.4 Å². The largest absolute Gasteiger partial charge is 0.594 e. The average molecular weight is 334 g/mol. The quantitative estimate of drug-likeness (QED) is 0.413. The van der Waals surface area contributed by atoms with Crippen molar-refractivity contribution in [1.29, 1.82) is 0 Å². The van der Waals surface area contributed by atoms with Crippen LogP contribution in [0.2, 0.25) is 0 Å². The van der Waals surface area contributed by atoms with Gasteiger partial charge in [0.15, 0.2) is 0 Å². The number of H-pyrrole nitrogens is 1. The Morgan fingerprint density at radius 1 is 1.25 bits per heavy atom. The maximum absolute atomic E-state index is 10.8. The minimum Gasteiger partial charge on any atom is -0.594 e. The van der Waals surface area contributed by atoms with Gasteiger partial charge < -0.3 is 15.3 Å². The molecular formula is C19H30N2O3. The second-order valence-electron chi connectivity index (χ2n) is 6.50. The van der Waals surface area contributed by atoms with Crippen molar-refractivity contribution in [3.05, 3.63) is 58.0 Å². The molecule has 0 aliphatic rings. The number of quaternary nitrogens is 1. The summed E-state index contributed by atoms with van der Waals surface area (Å²) in [5, 5.41) is 29.0. The van der Waals surface area contributed by atoms with E-state index in [4.69, 9.17) is 5.21 Å². The number of hydrogen-bond donors (Lipinski definition) is 4. The second-order valence-corrected chi connectivity index (χ2v) is 6.50. The van der Waals surface area contributed by atoms with Gasteiger partial charge in [-0.05, 0) is 58.1 Å². The summed E-state index contributed by atoms with van der Waals surface area (Å²) in [4.78, 5) is 2.69. The Bertz CT molecular complexity index is 594. The van der Waals surface area contributed by atoms with Crippen molar-refractivity contribution in [2.24, 2.45) is 0 Å². The van der Waals surface area contributed by atoms with Gasteiger partial charge >= 0.3 is 0 Å². The first-order chi connectivity index (χ1) is 11.3. The van der Waals surface area contributed by atoms with Crippen LogP contribution in [0.1, 0.15) is 52.5 Å². The van der Waals surface area contributed by atoms with E-state index < -0.39 is 11.3 Å². The van der Waals surface area contributed by atoms with Gasteiger partial charge in [-0.25, -0.2) is 5.21 Å². The van der Waals surface area contributed by atoms with E-state index in [1.165, 1.54) is 11.1 Å². The molecule has 0 aliphatic carbocycles. The molecule has 5 heteroatoms. The predicted molar refractivity (Wildman–Crippen MR) is 97.1 cm³/mol. The van der Waals surface area contributed by atoms with E-state index in [-0.39, 0.29) is 5.82 Å². The Balaban J connectivity index is 2.47. The van der Waals surface area contributed by atoms with Crippen LogP contribution in [-0.4, -0.2) is 21.4 Å². The highest BCUT2D eigenvalue weighted by Gasteiger charge is 2.11. The molecule has 0 amide bonds. The lowest BCUT2D eigenvalue weighted by Gasteiger charge is -2.10. The Labute approximate surface area is 144 Å². The SMILES string of the molecule is CC(C)=CCCC(C)=CCC=C(C)C(O)Cc1c[nH]c([NH+]([O-])O)c1. The molecule has 1 rings (SSSR count). The predicted octanol–water partition coefficient (Wildman–Crippen LogP) is 3.35. The van der Waals surface area contributed by atoms with Crippen LogP contribution in [0.15, 0.2) is 47.2 Å². The van der Waals surface area contributed by atoms with Crippen LogP contribution < -0.4 is 5.23 Å². The molecule has 5 nitrogen and oxygen atoms in total. The molecule has 0 saturated heterocycles. The zero-order chi connectivity index (χ0) is 18.1. The molecule has 2 atom stereocenters. The van der Waals surface area contributed by atoms with Gasteiger partial charge in [-0.3, -0.25) is 0 Å². The fourth-order valence-corrected chi connectivity index (χ4v) is 2.34. The van der Waals surface area contributed by atoms with Crippen LogP contribution in [0.4, 0.5) is 5.82 Å². The third-order valence-electron chi connectivity index (χ3n) is 3.93. The Kier molecular flexibility index (Phi) is 8.71. The molecule has 2 unspecified atom stereocenters. The molecule has 0 fully saturated rings. The van der Waals surface area contributed by atoms with Gasteiger partial charge in [-0.1, -0.05) is 29.4 Å². The van der Waals surface area contributed by atoms with E-state index >= 15 is 0 Å². The van der Waals surface area contributed by atoms with E-state index in [1.807, 2.05) is 13.0 Å². The van der Waals surface area contributed by atoms with Gasteiger partial charge in [-0.2, -0.15) is 5.23 Å². The lowest BCUT2D eigenvalue weighted by molar-refractivity contribution is -0.993. The van der Waals surface area contributed by atoms with Gasteiger partial charge in [0, 0.05) is 18.7 Å². The van der Waals surface area contributed by atoms with Gasteiger partial charge in [0.1, 0.15) is 0 Å². The van der Waals surface area contributed by atoms with Gasteiger partial charge in [-0.15, -0.1) is 0 Å². The van der Waals surface area contributed by atoms with Gasteiger partial charge in [0.05, 0.1) is 6.10 Å². The summed E-state index contributed by atoms with van der Waals surface area (Å²) in [5.41, 5.74) is 4.39. The summed E-state index contributed by atoms with van der Waals surface area (Å²) >= 11 is 0. The van der Waals surface area contributed by atoms with E-state index in [2.05, 4.69) is 37.9 Å². The molecule has 0 spiro atoms. The van der Waals surface area contributed by atoms with Crippen LogP contribution in [0.5, 0.6) is 0 Å². The number of allylic oxidation sites excluding steroid dienone is 5. The minimum atomic E-state index is -0.989. The first-order valence-corrected chi connectivity index (χ1v) is 8.34. The molecule has 0 aliphatic heterocycles. The number of aliphatic hydroxyl groups is 1. The first kappa shape index (κ1) is 20.4. The number of aromatic nitrogens is 1. The fourth-order valence-electron chi connectivity index (χ4n) is 2.34. The molecule has 0 bridgehead atoms. The molecule has 0 saturated carbocycles. The third-order valence-corrected chi connectivity index (χ3v) is 3.93. The minimum absolute atomic E-state index is 0.147. The molecular weight excluding hydrogens is 304 g/mol. The van der Waals surface area contributed by atoms with Crippen molar-refractivity contribution < 1.29 is 15.5 Å². The van der Waals surface area contributed by atoms with Gasteiger partial charge in [0.2, 0.25) is 5.82 Å². The standard InChI is InChI=1S/C19H30N2O3/c1-14(2)7-5-8-15(3)9-6-10-16(4)18(22)11-17-12-19(20-13-17)21(23)24/h7,9-10,12-13,18,20-23H,5-6,8,11H2,1-4H3. The molecule has 134 valence electrons. The van der Waals surface area contributed by atoms with Crippen molar-refractivity contribution >= 4 is 5.82 Å². The average Bonchev–Trinajstić information content (AvgIpc) is 2.95. The maximum Gasteiger partial charge on any atom is 0.237 e. The molecule has 0 aromatic carbocycles. The van der Waals surface area contributed by atoms with Crippen molar-refractivity contribution in [1.82, 2.24) is 4.98 Å². The van der Waals surface area contributed by atoms with Crippen LogP contribution in [0.25, 0.3) is 0 Å². The number of rotatable bonds is 9. The Morgan fingerprint density at radius 2 is 1.96 bits per heavy atom. The summed E-state index contributed by atoms with van der Waals surface area (Å²) in [6.45, 7) is 8.25. The van der Waals surface area contributed by atoms with E-state index in [0.29, 0.717) is 6.42 Å². The highest BCUT2D eigenvalue weighted by Crippen LogP contribution is 2.14. The summed E-state index contributed by atoms with van der Waals surface area (Å²) < 4.78 is 0. The Morgan fingerprint density at radius 3 is 2.54 bits per heavy atom. The van der Waals surface area contributed by atoms with Crippen molar-refractivity contribution in [3.63, 3.8) is 0 Å². The van der Waals surface area contributed by atoms with E-state index in [1.54, 1.807) is 12.3 Å². The Hall–Kier alpha value is -1.66. The molecule has 1 aromatic rings. The summed E-state index contributed by atoms with van der Waals surface area (Å²) in [6, 6.07) is 1.56. The summed E-state index contributed by atoms with van der Waals surface area (Å²) in [7, 11) is 0. The molecule has 0 radical (unpaired) electrons. The van der Waals surface area contributed by atoms with Crippen LogP contribution in [0.3, 0.4) is 0 Å². The lowest BCUT2D eigenvalue weighted by atomic mass is 10.0. The van der Waals surface area contributed by atoms with Crippen LogP contribution in [0, 0.1) is 5.21 Å². The van der Waals surface area contributed by atoms with Crippen molar-refractivity contribution in [2.45, 2.75) is 59.5 Å². The lowest BCUT2D eigenvalue weighted by Crippen LogP contribution is -2.99. The first-order valence-electron chi connectivity index (χ1n) is 8.34. The topological polar surface area (TPSA) is 83.8 Å². The third kappa shape index (κ3) is 7.75. The van der Waals surface area contributed by atoms with Gasteiger partial charge in [0.25, 0.3) is 0 Å². The fraction of sp³-hybridized carbons (Fsp3) is 0.474. The van der Waals surface area contributed by atoms with Crippen molar-refractivity contribution in [3.8, 4) is 0 Å².